The molecule has 1 aromatic heterocycles. The number of aromatic nitrogens is 1. The highest BCUT2D eigenvalue weighted by Gasteiger charge is 2.24. The molecule has 0 aromatic carbocycles. The Morgan fingerprint density at radius 3 is 2.62 bits per heavy atom. The minimum Gasteiger partial charge on any atom is -0.447 e. The Bertz CT molecular complexity index is 511. The molecule has 1 aliphatic heterocycles. The molecule has 0 bridgehead atoms. The quantitative estimate of drug-likeness (QED) is 0.767. The van der Waals surface area contributed by atoms with Crippen LogP contribution in [0.5, 0.6) is 0 Å². The van der Waals surface area contributed by atoms with E-state index in [9.17, 15) is 13.2 Å². The van der Waals surface area contributed by atoms with E-state index in [1.54, 1.807) is 0 Å². The topological polar surface area (TPSA) is 103 Å². The van der Waals surface area contributed by atoms with E-state index in [-0.39, 0.29) is 4.90 Å². The van der Waals surface area contributed by atoms with Crippen LogP contribution in [0.3, 0.4) is 0 Å². The molecule has 1 aliphatic rings. The normalized spacial score (nSPS) is 16.3. The van der Waals surface area contributed by atoms with Crippen LogP contribution in [0.15, 0.2) is 23.2 Å². The zero-order chi connectivity index (χ0) is 11.8. The van der Waals surface area contributed by atoms with Crippen molar-refractivity contribution < 1.29 is 17.9 Å². The number of primary sulfonamides is 1. The Balaban J connectivity index is 2.29. The molecule has 1 saturated heterocycles. The van der Waals surface area contributed by atoms with Crippen molar-refractivity contribution in [3.05, 3.63) is 18.3 Å². The number of hydrogen-bond acceptors (Lipinski definition) is 5. The standard InChI is InChI=1S/C8H9N3O4S/c9-16(13,14)6-1-2-7(10-5-6)11-3-4-15-8(11)12/h1-2,5H,3-4H2,(H2,9,13,14). The van der Waals surface area contributed by atoms with Gasteiger partial charge in [0, 0.05) is 6.20 Å². The van der Waals surface area contributed by atoms with Crippen LogP contribution >= 0.6 is 0 Å². The maximum absolute atomic E-state index is 11.2. The monoisotopic (exact) mass is 243 g/mol. The summed E-state index contributed by atoms with van der Waals surface area (Å²) in [4.78, 5) is 16.2. The van der Waals surface area contributed by atoms with Gasteiger partial charge in [-0.3, -0.25) is 4.90 Å². The smallest absolute Gasteiger partial charge is 0.415 e. The van der Waals surface area contributed by atoms with Crippen LogP contribution in [0.25, 0.3) is 0 Å². The second-order valence-electron chi connectivity index (χ2n) is 3.16. The van der Waals surface area contributed by atoms with Crippen molar-refractivity contribution in [3.63, 3.8) is 0 Å². The number of cyclic esters (lactones) is 1. The molecule has 86 valence electrons. The van der Waals surface area contributed by atoms with Gasteiger partial charge in [-0.1, -0.05) is 0 Å². The maximum Gasteiger partial charge on any atom is 0.415 e. The molecule has 16 heavy (non-hydrogen) atoms. The van der Waals surface area contributed by atoms with Gasteiger partial charge in [-0.25, -0.2) is 23.3 Å². The van der Waals surface area contributed by atoms with Gasteiger partial charge >= 0.3 is 6.09 Å². The van der Waals surface area contributed by atoms with Crippen LogP contribution < -0.4 is 10.0 Å². The number of ether oxygens (including phenoxy) is 1. The van der Waals surface area contributed by atoms with Gasteiger partial charge in [0.2, 0.25) is 10.0 Å². The molecule has 8 heteroatoms. The molecule has 2 rings (SSSR count). The molecule has 1 amide bonds. The van der Waals surface area contributed by atoms with Crippen molar-refractivity contribution in [2.75, 3.05) is 18.1 Å². The van der Waals surface area contributed by atoms with Gasteiger partial charge in [0.25, 0.3) is 0 Å². The summed E-state index contributed by atoms with van der Waals surface area (Å²) in [5.74, 6) is 0.343. The molecule has 0 radical (unpaired) electrons. The van der Waals surface area contributed by atoms with Gasteiger partial charge in [-0.15, -0.1) is 0 Å². The maximum atomic E-state index is 11.2. The molecule has 0 saturated carbocycles. The highest BCUT2D eigenvalue weighted by molar-refractivity contribution is 7.89. The molecule has 0 atom stereocenters. The molecule has 2 heterocycles. The molecule has 7 nitrogen and oxygen atoms in total. The van der Waals surface area contributed by atoms with Crippen LogP contribution in [0.2, 0.25) is 0 Å². The van der Waals surface area contributed by atoms with Crippen LogP contribution in [0, 0.1) is 0 Å². The Kier molecular flexibility index (Phi) is 2.52. The average Bonchev–Trinajstić information content (AvgIpc) is 2.63. The molecule has 0 spiro atoms. The van der Waals surface area contributed by atoms with Crippen LogP contribution in [0.1, 0.15) is 0 Å². The average molecular weight is 243 g/mol. The first-order valence-corrected chi connectivity index (χ1v) is 5.96. The number of anilines is 1. The minimum absolute atomic E-state index is 0.0937. The zero-order valence-electron chi connectivity index (χ0n) is 8.16. The summed E-state index contributed by atoms with van der Waals surface area (Å²) in [7, 11) is -3.75. The molecule has 1 fully saturated rings. The van der Waals surface area contributed by atoms with Gasteiger partial charge in [0.15, 0.2) is 0 Å². The summed E-state index contributed by atoms with van der Waals surface area (Å²) < 4.78 is 26.6. The third kappa shape index (κ3) is 1.97. The zero-order valence-corrected chi connectivity index (χ0v) is 8.98. The Hall–Kier alpha value is -1.67. The van der Waals surface area contributed by atoms with Crippen LogP contribution in [-0.2, 0) is 14.8 Å². The Morgan fingerprint density at radius 1 is 1.44 bits per heavy atom. The van der Waals surface area contributed by atoms with E-state index in [0.29, 0.717) is 19.0 Å². The minimum atomic E-state index is -3.75. The molecule has 0 aliphatic carbocycles. The van der Waals surface area contributed by atoms with Crippen LogP contribution in [-0.4, -0.2) is 32.6 Å². The van der Waals surface area contributed by atoms with Crippen molar-refractivity contribution in [1.82, 2.24) is 4.98 Å². The summed E-state index contributed by atoms with van der Waals surface area (Å²) in [6.07, 6.45) is 0.617. The highest BCUT2D eigenvalue weighted by Crippen LogP contribution is 2.17. The lowest BCUT2D eigenvalue weighted by Crippen LogP contribution is -2.24. The first-order valence-electron chi connectivity index (χ1n) is 4.41. The van der Waals surface area contributed by atoms with Crippen LogP contribution in [0.4, 0.5) is 10.6 Å². The van der Waals surface area contributed by atoms with E-state index in [1.807, 2.05) is 0 Å². The third-order valence-electron chi connectivity index (χ3n) is 2.09. The summed E-state index contributed by atoms with van der Waals surface area (Å²) >= 11 is 0. The first-order chi connectivity index (χ1) is 7.48. The van der Waals surface area contributed by atoms with Gasteiger partial charge in [0.05, 0.1) is 6.54 Å². The van der Waals surface area contributed by atoms with Gasteiger partial charge in [-0.2, -0.15) is 0 Å². The fourth-order valence-electron chi connectivity index (χ4n) is 1.30. The largest absolute Gasteiger partial charge is 0.447 e. The fourth-order valence-corrected chi connectivity index (χ4v) is 1.76. The third-order valence-corrected chi connectivity index (χ3v) is 2.99. The lowest BCUT2D eigenvalue weighted by atomic mass is 10.4. The Labute approximate surface area is 91.9 Å². The number of carbonyl (C=O) groups is 1. The number of hydrogen-bond donors (Lipinski definition) is 1. The summed E-state index contributed by atoms with van der Waals surface area (Å²) in [5.41, 5.74) is 0. The number of nitrogens with two attached hydrogens (primary N) is 1. The van der Waals surface area contributed by atoms with Crippen molar-refractivity contribution in [3.8, 4) is 0 Å². The van der Waals surface area contributed by atoms with E-state index in [0.717, 1.165) is 6.20 Å². The summed E-state index contributed by atoms with van der Waals surface area (Å²) in [5, 5.41) is 4.91. The highest BCUT2D eigenvalue weighted by atomic mass is 32.2. The Morgan fingerprint density at radius 2 is 2.19 bits per heavy atom. The van der Waals surface area contributed by atoms with E-state index in [2.05, 4.69) is 4.98 Å². The predicted molar refractivity (Wildman–Crippen MR) is 54.3 cm³/mol. The van der Waals surface area contributed by atoms with Crippen molar-refractivity contribution in [2.24, 2.45) is 5.14 Å². The molecule has 1 aromatic rings. The number of nitrogens with zero attached hydrogens (tertiary/aromatic N) is 2. The number of amides is 1. The summed E-state index contributed by atoms with van der Waals surface area (Å²) in [6, 6.07) is 2.70. The number of pyridine rings is 1. The van der Waals surface area contributed by atoms with E-state index in [4.69, 9.17) is 9.88 Å². The van der Waals surface area contributed by atoms with Crippen molar-refractivity contribution in [2.45, 2.75) is 4.90 Å². The lowest BCUT2D eigenvalue weighted by molar-refractivity contribution is 0.181. The predicted octanol–water partition coefficient (Wildman–Crippen LogP) is -0.314. The van der Waals surface area contributed by atoms with E-state index < -0.39 is 16.1 Å². The first kappa shape index (κ1) is 10.8. The summed E-state index contributed by atoms with van der Waals surface area (Å²) in [6.45, 7) is 0.706. The van der Waals surface area contributed by atoms with Crippen molar-refractivity contribution >= 4 is 21.9 Å². The number of sulfonamides is 1. The fraction of sp³-hybridized carbons (Fsp3) is 0.250. The van der Waals surface area contributed by atoms with E-state index >= 15 is 0 Å². The van der Waals surface area contributed by atoms with Gasteiger partial charge in [0.1, 0.15) is 17.3 Å². The molecule has 0 unspecified atom stereocenters. The molecule has 2 N–H and O–H groups in total. The second kappa shape index (κ2) is 3.72. The molecular weight excluding hydrogens is 234 g/mol. The SMILES string of the molecule is NS(=O)(=O)c1ccc(N2CCOC2=O)nc1. The molecular formula is C8H9N3O4S. The lowest BCUT2D eigenvalue weighted by Gasteiger charge is -2.10. The number of rotatable bonds is 2. The second-order valence-corrected chi connectivity index (χ2v) is 4.72. The van der Waals surface area contributed by atoms with E-state index in [1.165, 1.54) is 17.0 Å². The van der Waals surface area contributed by atoms with Gasteiger partial charge < -0.3 is 4.74 Å². The van der Waals surface area contributed by atoms with Gasteiger partial charge in [-0.05, 0) is 12.1 Å². The number of carbonyl (C=O) groups excluding carboxylic acids is 1. The van der Waals surface area contributed by atoms with Crippen molar-refractivity contribution in [1.29, 1.82) is 0 Å².